The van der Waals surface area contributed by atoms with Gasteiger partial charge in [-0.1, -0.05) is 0 Å². The van der Waals surface area contributed by atoms with Crippen LogP contribution in [0.4, 0.5) is 10.5 Å². The maximum Gasteiger partial charge on any atom is 0.335 e. The van der Waals surface area contributed by atoms with E-state index in [4.69, 9.17) is 5.11 Å². The zero-order chi connectivity index (χ0) is 15.3. The van der Waals surface area contributed by atoms with Gasteiger partial charge in [-0.3, -0.25) is 0 Å². The highest BCUT2D eigenvalue weighted by Crippen LogP contribution is 2.24. The van der Waals surface area contributed by atoms with Crippen LogP contribution < -0.4 is 10.6 Å². The second kappa shape index (κ2) is 6.99. The quantitative estimate of drug-likeness (QED) is 0.751. The molecule has 0 radical (unpaired) electrons. The van der Waals surface area contributed by atoms with Gasteiger partial charge in [0.1, 0.15) is 0 Å². The van der Waals surface area contributed by atoms with Crippen molar-refractivity contribution in [3.8, 4) is 0 Å². The van der Waals surface area contributed by atoms with Crippen molar-refractivity contribution in [3.63, 3.8) is 0 Å². The van der Waals surface area contributed by atoms with E-state index < -0.39 is 5.97 Å². The Morgan fingerprint density at radius 1 is 1.40 bits per heavy atom. The maximum absolute atomic E-state index is 11.8. The average Bonchev–Trinajstić information content (AvgIpc) is 2.39. The van der Waals surface area contributed by atoms with E-state index in [1.165, 1.54) is 12.1 Å². The van der Waals surface area contributed by atoms with Gasteiger partial charge in [0.2, 0.25) is 0 Å². The van der Waals surface area contributed by atoms with E-state index in [1.54, 1.807) is 17.8 Å². The number of carbonyl (C=O) groups excluding carboxylic acids is 1. The molecule has 20 heavy (non-hydrogen) atoms. The number of hydrogen-bond donors (Lipinski definition) is 3. The van der Waals surface area contributed by atoms with Gasteiger partial charge < -0.3 is 15.7 Å². The van der Waals surface area contributed by atoms with Gasteiger partial charge in [-0.05, 0) is 54.2 Å². The summed E-state index contributed by atoms with van der Waals surface area (Å²) in [6.45, 7) is 4.61. The molecule has 0 aromatic heterocycles. The highest BCUT2D eigenvalue weighted by Gasteiger charge is 2.17. The first-order valence-electron chi connectivity index (χ1n) is 5.88. The molecule has 0 atom stereocenters. The van der Waals surface area contributed by atoms with Crippen molar-refractivity contribution >= 4 is 45.4 Å². The fourth-order valence-electron chi connectivity index (χ4n) is 1.28. The second-order valence-corrected chi connectivity index (χ2v) is 7.14. The SMILES string of the molecule is CSC(C)(C)CNC(=O)Nc1ccc(C(=O)O)cc1Br. The number of anilines is 1. The van der Waals surface area contributed by atoms with Crippen molar-refractivity contribution in [2.75, 3.05) is 18.1 Å². The minimum atomic E-state index is -1.01. The first-order valence-corrected chi connectivity index (χ1v) is 7.90. The largest absolute Gasteiger partial charge is 0.478 e. The minimum Gasteiger partial charge on any atom is -0.478 e. The predicted molar refractivity (Wildman–Crippen MR) is 85.7 cm³/mol. The lowest BCUT2D eigenvalue weighted by Crippen LogP contribution is -2.38. The van der Waals surface area contributed by atoms with Crippen LogP contribution in [0.3, 0.4) is 0 Å². The van der Waals surface area contributed by atoms with Gasteiger partial charge in [-0.15, -0.1) is 0 Å². The van der Waals surface area contributed by atoms with Crippen molar-refractivity contribution in [3.05, 3.63) is 28.2 Å². The minimum absolute atomic E-state index is 0.0399. The van der Waals surface area contributed by atoms with Crippen LogP contribution >= 0.6 is 27.7 Å². The number of carboxylic acid groups (broad SMARTS) is 1. The molecule has 0 fully saturated rings. The molecule has 7 heteroatoms. The molecule has 1 aromatic rings. The molecule has 0 unspecified atom stereocenters. The van der Waals surface area contributed by atoms with E-state index in [2.05, 4.69) is 26.6 Å². The van der Waals surface area contributed by atoms with E-state index in [9.17, 15) is 9.59 Å². The number of benzene rings is 1. The van der Waals surface area contributed by atoms with Gasteiger partial charge in [-0.25, -0.2) is 9.59 Å². The van der Waals surface area contributed by atoms with Crippen molar-refractivity contribution in [1.29, 1.82) is 0 Å². The van der Waals surface area contributed by atoms with Crippen molar-refractivity contribution < 1.29 is 14.7 Å². The number of carboxylic acids is 1. The topological polar surface area (TPSA) is 78.4 Å². The van der Waals surface area contributed by atoms with Crippen LogP contribution in [0.15, 0.2) is 22.7 Å². The standard InChI is InChI=1S/C13H17BrN2O3S/c1-13(2,20-3)7-15-12(19)16-10-5-4-8(11(17)18)6-9(10)14/h4-6H,7H2,1-3H3,(H,17,18)(H2,15,16,19). The third-order valence-corrected chi connectivity index (χ3v) is 4.60. The molecule has 3 N–H and O–H groups in total. The molecule has 0 spiro atoms. The third kappa shape index (κ3) is 5.05. The van der Waals surface area contributed by atoms with Crippen LogP contribution in [0.2, 0.25) is 0 Å². The van der Waals surface area contributed by atoms with E-state index in [0.717, 1.165) is 0 Å². The van der Waals surface area contributed by atoms with Crippen LogP contribution in [0.1, 0.15) is 24.2 Å². The molecule has 0 heterocycles. The molecule has 1 aromatic carbocycles. The fourth-order valence-corrected chi connectivity index (χ4v) is 1.98. The van der Waals surface area contributed by atoms with Crippen LogP contribution in [-0.4, -0.2) is 34.7 Å². The molecular weight excluding hydrogens is 344 g/mol. The molecule has 0 aliphatic carbocycles. The number of aromatic carboxylic acids is 1. The summed E-state index contributed by atoms with van der Waals surface area (Å²) in [5.41, 5.74) is 0.681. The summed E-state index contributed by atoms with van der Waals surface area (Å²) < 4.78 is 0.485. The molecule has 0 bridgehead atoms. The Balaban J connectivity index is 2.65. The molecule has 0 saturated carbocycles. The van der Waals surface area contributed by atoms with Crippen LogP contribution in [0.5, 0.6) is 0 Å². The molecule has 0 saturated heterocycles. The molecule has 110 valence electrons. The smallest absolute Gasteiger partial charge is 0.335 e. The number of hydrogen-bond acceptors (Lipinski definition) is 3. The first-order chi connectivity index (χ1) is 9.25. The number of halogens is 1. The summed E-state index contributed by atoms with van der Waals surface area (Å²) in [5.74, 6) is -1.01. The number of amides is 2. The van der Waals surface area contributed by atoms with Crippen LogP contribution in [0, 0.1) is 0 Å². The number of nitrogens with one attached hydrogen (secondary N) is 2. The van der Waals surface area contributed by atoms with Gasteiger partial charge >= 0.3 is 12.0 Å². The Bertz CT molecular complexity index is 520. The van der Waals surface area contributed by atoms with Crippen molar-refractivity contribution in [2.45, 2.75) is 18.6 Å². The van der Waals surface area contributed by atoms with Crippen molar-refractivity contribution in [2.24, 2.45) is 0 Å². The van der Waals surface area contributed by atoms with E-state index in [0.29, 0.717) is 16.7 Å². The van der Waals surface area contributed by atoms with Crippen LogP contribution in [0.25, 0.3) is 0 Å². The summed E-state index contributed by atoms with van der Waals surface area (Å²) in [6, 6.07) is 4.11. The van der Waals surface area contributed by atoms with Gasteiger partial charge in [0.05, 0.1) is 11.3 Å². The zero-order valence-corrected chi connectivity index (χ0v) is 13.9. The van der Waals surface area contributed by atoms with E-state index in [-0.39, 0.29) is 16.3 Å². The molecule has 0 aliphatic heterocycles. The summed E-state index contributed by atoms with van der Waals surface area (Å²) in [5, 5.41) is 14.3. The monoisotopic (exact) mass is 360 g/mol. The van der Waals surface area contributed by atoms with Crippen LogP contribution in [-0.2, 0) is 0 Å². The second-order valence-electron chi connectivity index (χ2n) is 4.77. The maximum atomic E-state index is 11.8. The fraction of sp³-hybridized carbons (Fsp3) is 0.385. The molecule has 1 rings (SSSR count). The Hall–Kier alpha value is -1.21. The van der Waals surface area contributed by atoms with Gasteiger partial charge in [0.15, 0.2) is 0 Å². The number of carbonyl (C=O) groups is 2. The molecule has 5 nitrogen and oxygen atoms in total. The molecular formula is C13H17BrN2O3S. The highest BCUT2D eigenvalue weighted by atomic mass is 79.9. The van der Waals surface area contributed by atoms with Crippen molar-refractivity contribution in [1.82, 2.24) is 5.32 Å². The summed E-state index contributed by atoms with van der Waals surface area (Å²) in [4.78, 5) is 22.6. The molecule has 2 amide bonds. The first kappa shape index (κ1) is 16.8. The normalized spacial score (nSPS) is 11.0. The van der Waals surface area contributed by atoms with E-state index >= 15 is 0 Å². The Morgan fingerprint density at radius 2 is 2.05 bits per heavy atom. The van der Waals surface area contributed by atoms with Gasteiger partial charge in [0, 0.05) is 15.8 Å². The number of urea groups is 1. The zero-order valence-electron chi connectivity index (χ0n) is 11.5. The summed E-state index contributed by atoms with van der Waals surface area (Å²) in [6.07, 6.45) is 1.99. The summed E-state index contributed by atoms with van der Waals surface area (Å²) in [7, 11) is 0. The highest BCUT2D eigenvalue weighted by molar-refractivity contribution is 9.10. The Morgan fingerprint density at radius 3 is 2.55 bits per heavy atom. The average molecular weight is 361 g/mol. The number of thioether (sulfide) groups is 1. The lowest BCUT2D eigenvalue weighted by atomic mass is 10.2. The van der Waals surface area contributed by atoms with E-state index in [1.807, 2.05) is 20.1 Å². The predicted octanol–water partition coefficient (Wildman–Crippen LogP) is 3.41. The van der Waals surface area contributed by atoms with Gasteiger partial charge in [-0.2, -0.15) is 11.8 Å². The van der Waals surface area contributed by atoms with Gasteiger partial charge in [0.25, 0.3) is 0 Å². The summed E-state index contributed by atoms with van der Waals surface area (Å²) >= 11 is 4.90. The lowest BCUT2D eigenvalue weighted by Gasteiger charge is -2.22. The molecule has 0 aliphatic rings. The Kier molecular flexibility index (Phi) is 5.88. The Labute approximate surface area is 130 Å². The lowest BCUT2D eigenvalue weighted by molar-refractivity contribution is 0.0697. The number of rotatable bonds is 5. The third-order valence-electron chi connectivity index (χ3n) is 2.69.